The monoisotopic (exact) mass is 312 g/mol. The average molecular weight is 312 g/mol. The molecule has 4 rings (SSSR count). The zero-order valence-electron chi connectivity index (χ0n) is 14.0. The van der Waals surface area contributed by atoms with Crippen LogP contribution in [0.4, 0.5) is 0 Å². The third-order valence-electron chi connectivity index (χ3n) is 6.19. The second-order valence-corrected chi connectivity index (χ2v) is 7.88. The highest BCUT2D eigenvalue weighted by Gasteiger charge is 2.41. The molecule has 23 heavy (non-hydrogen) atoms. The topological polar surface area (TPSA) is 32.3 Å². The van der Waals surface area contributed by atoms with Crippen LogP contribution in [0.3, 0.4) is 0 Å². The summed E-state index contributed by atoms with van der Waals surface area (Å²) >= 11 is 0. The largest absolute Gasteiger partial charge is 0.345 e. The van der Waals surface area contributed by atoms with Gasteiger partial charge in [0.05, 0.1) is 5.54 Å². The first kappa shape index (κ1) is 15.2. The number of amides is 1. The van der Waals surface area contributed by atoms with Crippen LogP contribution in [0.25, 0.3) is 0 Å². The van der Waals surface area contributed by atoms with Gasteiger partial charge < -0.3 is 10.2 Å². The van der Waals surface area contributed by atoms with E-state index in [2.05, 4.69) is 16.3 Å². The number of benzene rings is 1. The molecule has 2 aliphatic heterocycles. The van der Waals surface area contributed by atoms with Crippen LogP contribution < -0.4 is 5.32 Å². The van der Waals surface area contributed by atoms with Crippen molar-refractivity contribution in [3.8, 4) is 0 Å². The van der Waals surface area contributed by atoms with Crippen LogP contribution in [0.5, 0.6) is 0 Å². The number of hydrogen-bond donors (Lipinski definition) is 1. The van der Waals surface area contributed by atoms with Crippen molar-refractivity contribution in [1.29, 1.82) is 0 Å². The van der Waals surface area contributed by atoms with Gasteiger partial charge in [-0.25, -0.2) is 0 Å². The maximum Gasteiger partial charge on any atom is 0.252 e. The van der Waals surface area contributed by atoms with Gasteiger partial charge in [-0.1, -0.05) is 37.5 Å². The van der Waals surface area contributed by atoms with Crippen LogP contribution in [0.2, 0.25) is 0 Å². The average Bonchev–Trinajstić information content (AvgIpc) is 2.90. The summed E-state index contributed by atoms with van der Waals surface area (Å²) in [6.07, 6.45) is 10.3. The van der Waals surface area contributed by atoms with Crippen LogP contribution in [-0.2, 0) is 6.42 Å². The van der Waals surface area contributed by atoms with Gasteiger partial charge >= 0.3 is 0 Å². The molecule has 0 radical (unpaired) electrons. The fourth-order valence-corrected chi connectivity index (χ4v) is 4.86. The number of nitrogens with one attached hydrogen (secondary N) is 1. The van der Waals surface area contributed by atoms with E-state index in [-0.39, 0.29) is 11.4 Å². The molecule has 1 aromatic carbocycles. The molecule has 1 aliphatic carbocycles. The standard InChI is InChI=1S/C20H28N2O/c23-19-18-9-5-4-8-17(18)10-11-20(21-19)12-13-22(15-20)14-16-6-2-1-3-7-16/h4-5,8-9,16H,1-3,6-7,10-15H2,(H,21,23). The highest BCUT2D eigenvalue weighted by atomic mass is 16.1. The molecule has 1 saturated heterocycles. The first-order valence-corrected chi connectivity index (χ1v) is 9.37. The molecule has 1 saturated carbocycles. The Hall–Kier alpha value is -1.35. The Kier molecular flexibility index (Phi) is 4.14. The maximum absolute atomic E-state index is 12.6. The van der Waals surface area contributed by atoms with Crippen LogP contribution in [0, 0.1) is 5.92 Å². The number of nitrogens with zero attached hydrogens (tertiary/aromatic N) is 1. The van der Waals surface area contributed by atoms with Crippen molar-refractivity contribution in [2.24, 2.45) is 5.92 Å². The van der Waals surface area contributed by atoms with Crippen LogP contribution in [0.1, 0.15) is 60.9 Å². The van der Waals surface area contributed by atoms with Crippen LogP contribution in [0.15, 0.2) is 24.3 Å². The summed E-state index contributed by atoms with van der Waals surface area (Å²) < 4.78 is 0. The normalized spacial score (nSPS) is 29.3. The number of carbonyl (C=O) groups is 1. The third kappa shape index (κ3) is 3.16. The van der Waals surface area contributed by atoms with Gasteiger partial charge in [-0.2, -0.15) is 0 Å². The van der Waals surface area contributed by atoms with E-state index in [9.17, 15) is 4.79 Å². The van der Waals surface area contributed by atoms with Gasteiger partial charge in [0.15, 0.2) is 0 Å². The molecule has 0 aromatic heterocycles. The predicted molar refractivity (Wildman–Crippen MR) is 92.6 cm³/mol. The van der Waals surface area contributed by atoms with Crippen molar-refractivity contribution in [2.45, 2.75) is 56.9 Å². The molecule has 3 heteroatoms. The molecule has 124 valence electrons. The first-order chi connectivity index (χ1) is 11.2. The number of carbonyl (C=O) groups excluding carboxylic acids is 1. The van der Waals surface area contributed by atoms with Crippen LogP contribution >= 0.6 is 0 Å². The number of aryl methyl sites for hydroxylation is 1. The molecular formula is C20H28N2O. The van der Waals surface area contributed by atoms with Crippen molar-refractivity contribution < 1.29 is 4.79 Å². The highest BCUT2D eigenvalue weighted by molar-refractivity contribution is 5.96. The van der Waals surface area contributed by atoms with Gasteiger partial charge in [0.25, 0.3) is 5.91 Å². The Morgan fingerprint density at radius 3 is 2.83 bits per heavy atom. The number of fused-ring (bicyclic) bond motifs is 1. The Morgan fingerprint density at radius 1 is 1.13 bits per heavy atom. The second kappa shape index (κ2) is 6.27. The van der Waals surface area contributed by atoms with Crippen molar-refractivity contribution in [2.75, 3.05) is 19.6 Å². The number of hydrogen-bond acceptors (Lipinski definition) is 2. The molecular weight excluding hydrogens is 284 g/mol. The van der Waals surface area contributed by atoms with Gasteiger partial charge in [0.1, 0.15) is 0 Å². The summed E-state index contributed by atoms with van der Waals surface area (Å²) in [6.45, 7) is 3.43. The summed E-state index contributed by atoms with van der Waals surface area (Å²) in [4.78, 5) is 15.3. The summed E-state index contributed by atoms with van der Waals surface area (Å²) in [6, 6.07) is 8.11. The van der Waals surface area contributed by atoms with Gasteiger partial charge in [-0.05, 0) is 49.7 Å². The van der Waals surface area contributed by atoms with Crippen LogP contribution in [-0.4, -0.2) is 36.0 Å². The van der Waals surface area contributed by atoms with E-state index in [1.54, 1.807) is 0 Å². The minimum Gasteiger partial charge on any atom is -0.345 e. The summed E-state index contributed by atoms with van der Waals surface area (Å²) in [5.41, 5.74) is 2.10. The maximum atomic E-state index is 12.6. The molecule has 3 nitrogen and oxygen atoms in total. The van der Waals surface area contributed by atoms with E-state index in [0.29, 0.717) is 0 Å². The van der Waals surface area contributed by atoms with E-state index in [1.165, 1.54) is 44.2 Å². The van der Waals surface area contributed by atoms with Crippen molar-refractivity contribution in [3.05, 3.63) is 35.4 Å². The minimum atomic E-state index is 0.00473. The lowest BCUT2D eigenvalue weighted by molar-refractivity contribution is 0.0900. The molecule has 3 aliphatic rings. The highest BCUT2D eigenvalue weighted by Crippen LogP contribution is 2.32. The Morgan fingerprint density at radius 2 is 1.96 bits per heavy atom. The Labute approximate surface area is 139 Å². The molecule has 1 amide bonds. The molecule has 2 heterocycles. The quantitative estimate of drug-likeness (QED) is 0.908. The molecule has 1 N–H and O–H groups in total. The SMILES string of the molecule is O=C1NC2(CCc3ccccc31)CCN(CC1CCCCC1)C2. The number of rotatable bonds is 2. The van der Waals surface area contributed by atoms with E-state index in [0.717, 1.165) is 43.8 Å². The van der Waals surface area contributed by atoms with Gasteiger partial charge in [0, 0.05) is 25.2 Å². The molecule has 1 unspecified atom stereocenters. The van der Waals surface area contributed by atoms with Gasteiger partial charge in [-0.15, -0.1) is 0 Å². The summed E-state index contributed by atoms with van der Waals surface area (Å²) in [5, 5.41) is 3.40. The van der Waals surface area contributed by atoms with Crippen molar-refractivity contribution in [3.63, 3.8) is 0 Å². The zero-order valence-corrected chi connectivity index (χ0v) is 14.0. The second-order valence-electron chi connectivity index (χ2n) is 7.88. The smallest absolute Gasteiger partial charge is 0.252 e. The molecule has 2 fully saturated rings. The van der Waals surface area contributed by atoms with Crippen molar-refractivity contribution >= 4 is 5.91 Å². The third-order valence-corrected chi connectivity index (χ3v) is 6.19. The van der Waals surface area contributed by atoms with E-state index < -0.39 is 0 Å². The minimum absolute atomic E-state index is 0.00473. The number of likely N-dealkylation sites (tertiary alicyclic amines) is 1. The Bertz CT molecular complexity index is 579. The fourth-order valence-electron chi connectivity index (χ4n) is 4.86. The van der Waals surface area contributed by atoms with Crippen molar-refractivity contribution in [1.82, 2.24) is 10.2 Å². The molecule has 1 atom stereocenters. The lowest BCUT2D eigenvalue weighted by Crippen LogP contribution is -2.49. The fraction of sp³-hybridized carbons (Fsp3) is 0.650. The molecule has 1 aromatic rings. The first-order valence-electron chi connectivity index (χ1n) is 9.37. The predicted octanol–water partition coefficient (Wildman–Crippen LogP) is 3.39. The molecule has 0 bridgehead atoms. The molecule has 1 spiro atoms. The zero-order chi connectivity index (χ0) is 15.7. The van der Waals surface area contributed by atoms with E-state index >= 15 is 0 Å². The summed E-state index contributed by atoms with van der Waals surface area (Å²) in [7, 11) is 0. The lowest BCUT2D eigenvalue weighted by Gasteiger charge is -2.31. The lowest BCUT2D eigenvalue weighted by atomic mass is 9.89. The summed E-state index contributed by atoms with van der Waals surface area (Å²) in [5.74, 6) is 1.02. The van der Waals surface area contributed by atoms with Gasteiger partial charge in [0.2, 0.25) is 0 Å². The Balaban J connectivity index is 1.43. The van der Waals surface area contributed by atoms with Gasteiger partial charge in [-0.3, -0.25) is 4.79 Å². The van der Waals surface area contributed by atoms with E-state index in [1.807, 2.05) is 18.2 Å². The van der Waals surface area contributed by atoms with E-state index in [4.69, 9.17) is 0 Å².